The third-order valence-corrected chi connectivity index (χ3v) is 3.14. The molecule has 0 radical (unpaired) electrons. The van der Waals surface area contributed by atoms with Crippen LogP contribution in [0.5, 0.6) is 0 Å². The zero-order chi connectivity index (χ0) is 15.3. The lowest BCUT2D eigenvalue weighted by atomic mass is 9.73. The standard InChI is InChI=1S/C11H17NO.3C2H6/c1-13-11-7-9(12)6-8-4-2-3-5-10(8)11;3*1-2/h2-5,8-11H,6-7,12H2,1H3;3*1-2H3. The third-order valence-electron chi connectivity index (χ3n) is 3.14. The van der Waals surface area contributed by atoms with E-state index in [9.17, 15) is 0 Å². The van der Waals surface area contributed by atoms with E-state index in [0.29, 0.717) is 24.0 Å². The average Bonchev–Trinajstić information content (AvgIpc) is 2.52. The molecule has 2 rings (SSSR count). The molecular weight excluding hydrogens is 234 g/mol. The lowest BCUT2D eigenvalue weighted by Crippen LogP contribution is -2.42. The molecule has 0 aromatic carbocycles. The minimum atomic E-state index is 0.308. The first-order valence-electron chi connectivity index (χ1n) is 7.94. The van der Waals surface area contributed by atoms with Crippen LogP contribution in [-0.2, 0) is 4.74 Å². The minimum absolute atomic E-state index is 0.308. The monoisotopic (exact) mass is 269 g/mol. The van der Waals surface area contributed by atoms with Crippen LogP contribution in [-0.4, -0.2) is 19.3 Å². The topological polar surface area (TPSA) is 35.2 Å². The molecule has 0 aromatic rings. The molecule has 1 fully saturated rings. The molecule has 2 aliphatic carbocycles. The van der Waals surface area contributed by atoms with Crippen molar-refractivity contribution in [2.24, 2.45) is 17.6 Å². The first-order chi connectivity index (χ1) is 9.31. The fourth-order valence-electron chi connectivity index (χ4n) is 2.46. The van der Waals surface area contributed by atoms with Crippen LogP contribution in [0.25, 0.3) is 0 Å². The maximum atomic E-state index is 5.97. The second-order valence-electron chi connectivity index (χ2n) is 4.02. The van der Waals surface area contributed by atoms with Gasteiger partial charge >= 0.3 is 0 Å². The van der Waals surface area contributed by atoms with Crippen LogP contribution in [0.15, 0.2) is 24.3 Å². The van der Waals surface area contributed by atoms with Crippen molar-refractivity contribution in [1.82, 2.24) is 0 Å². The Balaban J connectivity index is 0. The molecule has 1 saturated carbocycles. The Morgan fingerprint density at radius 3 is 1.95 bits per heavy atom. The highest BCUT2D eigenvalue weighted by molar-refractivity contribution is 5.17. The summed E-state index contributed by atoms with van der Waals surface area (Å²) in [6.45, 7) is 12.0. The second kappa shape index (κ2) is 13.8. The number of ether oxygens (including phenoxy) is 1. The summed E-state index contributed by atoms with van der Waals surface area (Å²) in [7, 11) is 1.78. The largest absolute Gasteiger partial charge is 0.381 e. The molecule has 4 atom stereocenters. The van der Waals surface area contributed by atoms with Crippen molar-refractivity contribution in [3.8, 4) is 0 Å². The normalized spacial score (nSPS) is 30.5. The predicted molar refractivity (Wildman–Crippen MR) is 87.3 cm³/mol. The number of methoxy groups -OCH3 is 1. The van der Waals surface area contributed by atoms with Crippen molar-refractivity contribution in [1.29, 1.82) is 0 Å². The van der Waals surface area contributed by atoms with E-state index in [-0.39, 0.29) is 0 Å². The van der Waals surface area contributed by atoms with Gasteiger partial charge in [0.25, 0.3) is 0 Å². The molecule has 0 saturated heterocycles. The van der Waals surface area contributed by atoms with E-state index in [2.05, 4.69) is 24.3 Å². The fraction of sp³-hybridized carbons (Fsp3) is 0.765. The van der Waals surface area contributed by atoms with Crippen molar-refractivity contribution in [2.45, 2.75) is 66.5 Å². The predicted octanol–water partition coefficient (Wildman–Crippen LogP) is 4.56. The summed E-state index contributed by atoms with van der Waals surface area (Å²) in [5.41, 5.74) is 5.97. The Bertz CT molecular complexity index is 235. The molecule has 4 unspecified atom stereocenters. The summed E-state index contributed by atoms with van der Waals surface area (Å²) in [4.78, 5) is 0. The number of hydrogen-bond donors (Lipinski definition) is 1. The number of hydrogen-bond acceptors (Lipinski definition) is 2. The van der Waals surface area contributed by atoms with Gasteiger partial charge in [-0.25, -0.2) is 0 Å². The first kappa shape index (κ1) is 20.7. The summed E-state index contributed by atoms with van der Waals surface area (Å²) in [6.07, 6.45) is 11.2. The van der Waals surface area contributed by atoms with Gasteiger partial charge in [0, 0.05) is 19.1 Å². The molecule has 2 aliphatic rings. The van der Waals surface area contributed by atoms with Crippen LogP contribution in [0, 0.1) is 11.8 Å². The number of allylic oxidation sites excluding steroid dienone is 3. The summed E-state index contributed by atoms with van der Waals surface area (Å²) in [6, 6.07) is 0.308. The Morgan fingerprint density at radius 2 is 1.42 bits per heavy atom. The van der Waals surface area contributed by atoms with Crippen molar-refractivity contribution < 1.29 is 4.74 Å². The summed E-state index contributed by atoms with van der Waals surface area (Å²) in [5.74, 6) is 1.15. The van der Waals surface area contributed by atoms with E-state index in [4.69, 9.17) is 10.5 Å². The van der Waals surface area contributed by atoms with Crippen LogP contribution in [0.3, 0.4) is 0 Å². The Labute approximate surface area is 121 Å². The average molecular weight is 269 g/mol. The van der Waals surface area contributed by atoms with E-state index >= 15 is 0 Å². The van der Waals surface area contributed by atoms with E-state index in [1.54, 1.807) is 7.11 Å². The van der Waals surface area contributed by atoms with Gasteiger partial charge < -0.3 is 10.5 Å². The lowest BCUT2D eigenvalue weighted by Gasteiger charge is -2.38. The Hall–Kier alpha value is -0.600. The summed E-state index contributed by atoms with van der Waals surface area (Å²) in [5, 5.41) is 0. The van der Waals surface area contributed by atoms with Gasteiger partial charge in [0.1, 0.15) is 0 Å². The molecule has 0 amide bonds. The van der Waals surface area contributed by atoms with E-state index in [1.165, 1.54) is 0 Å². The zero-order valence-corrected chi connectivity index (χ0v) is 14.0. The van der Waals surface area contributed by atoms with Crippen LogP contribution < -0.4 is 5.73 Å². The SMILES string of the molecule is CC.CC.CC.COC1CC(N)CC2C=CC=CC21. The molecule has 0 spiro atoms. The van der Waals surface area contributed by atoms with Crippen molar-refractivity contribution >= 4 is 0 Å². The number of nitrogens with two attached hydrogens (primary N) is 1. The summed E-state index contributed by atoms with van der Waals surface area (Å²) >= 11 is 0. The van der Waals surface area contributed by atoms with Crippen LogP contribution in [0.4, 0.5) is 0 Å². The van der Waals surface area contributed by atoms with E-state index in [1.807, 2.05) is 41.5 Å². The highest BCUT2D eigenvalue weighted by Crippen LogP contribution is 2.35. The highest BCUT2D eigenvalue weighted by atomic mass is 16.5. The lowest BCUT2D eigenvalue weighted by molar-refractivity contribution is 0.0185. The molecule has 0 aromatic heterocycles. The maximum Gasteiger partial charge on any atom is 0.0654 e. The summed E-state index contributed by atoms with van der Waals surface area (Å²) < 4.78 is 5.47. The maximum absolute atomic E-state index is 5.97. The van der Waals surface area contributed by atoms with Gasteiger partial charge in [-0.15, -0.1) is 0 Å². The van der Waals surface area contributed by atoms with Crippen LogP contribution >= 0.6 is 0 Å². The molecular formula is C17H35NO. The Morgan fingerprint density at radius 1 is 0.895 bits per heavy atom. The highest BCUT2D eigenvalue weighted by Gasteiger charge is 2.34. The zero-order valence-electron chi connectivity index (χ0n) is 14.0. The second-order valence-corrected chi connectivity index (χ2v) is 4.02. The number of fused-ring (bicyclic) bond motifs is 1. The van der Waals surface area contributed by atoms with Crippen molar-refractivity contribution in [3.05, 3.63) is 24.3 Å². The van der Waals surface area contributed by atoms with E-state index in [0.717, 1.165) is 12.8 Å². The van der Waals surface area contributed by atoms with Gasteiger partial charge in [-0.2, -0.15) is 0 Å². The van der Waals surface area contributed by atoms with Gasteiger partial charge in [0.15, 0.2) is 0 Å². The molecule has 2 N–H and O–H groups in total. The third kappa shape index (κ3) is 6.93. The van der Waals surface area contributed by atoms with Crippen LogP contribution in [0.1, 0.15) is 54.4 Å². The van der Waals surface area contributed by atoms with Gasteiger partial charge in [0.2, 0.25) is 0 Å². The molecule has 2 nitrogen and oxygen atoms in total. The molecule has 0 heterocycles. The van der Waals surface area contributed by atoms with Crippen molar-refractivity contribution in [2.75, 3.05) is 7.11 Å². The first-order valence-corrected chi connectivity index (χ1v) is 7.94. The van der Waals surface area contributed by atoms with Gasteiger partial charge in [0.05, 0.1) is 6.10 Å². The minimum Gasteiger partial charge on any atom is -0.381 e. The van der Waals surface area contributed by atoms with Gasteiger partial charge in [-0.05, 0) is 18.8 Å². The Kier molecular flexibility index (Phi) is 15.1. The van der Waals surface area contributed by atoms with E-state index < -0.39 is 0 Å². The quantitative estimate of drug-likeness (QED) is 0.757. The molecule has 19 heavy (non-hydrogen) atoms. The molecule has 114 valence electrons. The van der Waals surface area contributed by atoms with Gasteiger partial charge in [-0.1, -0.05) is 65.8 Å². The van der Waals surface area contributed by atoms with Crippen LogP contribution in [0.2, 0.25) is 0 Å². The molecule has 0 bridgehead atoms. The van der Waals surface area contributed by atoms with Crippen molar-refractivity contribution in [3.63, 3.8) is 0 Å². The molecule has 0 aliphatic heterocycles. The smallest absolute Gasteiger partial charge is 0.0654 e. The number of rotatable bonds is 1. The fourth-order valence-corrected chi connectivity index (χ4v) is 2.46. The molecule has 2 heteroatoms. The van der Waals surface area contributed by atoms with Gasteiger partial charge in [-0.3, -0.25) is 0 Å².